The molecule has 0 spiro atoms. The van der Waals surface area contributed by atoms with Crippen LogP contribution in [0, 0.1) is 0 Å². The van der Waals surface area contributed by atoms with Crippen molar-refractivity contribution < 1.29 is 19.0 Å². The molecule has 0 radical (unpaired) electrons. The zero-order valence-electron chi connectivity index (χ0n) is 7.42. The number of carbonyl (C=O) groups is 1. The van der Waals surface area contributed by atoms with E-state index in [0.717, 1.165) is 0 Å². The number of rotatable bonds is 0. The third kappa shape index (κ3) is 0.881. The molecule has 2 rings (SSSR count). The van der Waals surface area contributed by atoms with Crippen LogP contribution in [0.1, 0.15) is 20.8 Å². The summed E-state index contributed by atoms with van der Waals surface area (Å²) in [4.78, 5) is 11.2. The lowest BCUT2D eigenvalue weighted by molar-refractivity contribution is -0.190. The number of fused-ring (bicyclic) bond motifs is 1. The molecule has 2 fully saturated rings. The van der Waals surface area contributed by atoms with Crippen LogP contribution in [0.3, 0.4) is 0 Å². The molecule has 68 valence electrons. The van der Waals surface area contributed by atoms with Gasteiger partial charge in [-0.2, -0.15) is 0 Å². The normalized spacial score (nSPS) is 44.2. The molecule has 0 amide bonds. The van der Waals surface area contributed by atoms with Gasteiger partial charge < -0.3 is 14.2 Å². The Hall–Kier alpha value is -0.610. The maximum atomic E-state index is 11.2. The topological polar surface area (TPSA) is 44.8 Å². The summed E-state index contributed by atoms with van der Waals surface area (Å²) >= 11 is 0. The molecule has 0 aromatic carbocycles. The van der Waals surface area contributed by atoms with E-state index in [4.69, 9.17) is 14.2 Å². The SMILES string of the molecule is CC1(C)O[C@@H]2COC(=O)[C@]2(C)O1. The van der Waals surface area contributed by atoms with Crippen LogP contribution in [0.2, 0.25) is 0 Å². The average molecular weight is 172 g/mol. The van der Waals surface area contributed by atoms with Crippen LogP contribution >= 0.6 is 0 Å². The summed E-state index contributed by atoms with van der Waals surface area (Å²) in [5, 5.41) is 0. The minimum Gasteiger partial charge on any atom is -0.461 e. The molecule has 0 N–H and O–H groups in total. The summed E-state index contributed by atoms with van der Waals surface area (Å²) in [5.41, 5.74) is -0.885. The third-order valence-corrected chi connectivity index (χ3v) is 2.27. The van der Waals surface area contributed by atoms with Crippen molar-refractivity contribution in [1.82, 2.24) is 0 Å². The van der Waals surface area contributed by atoms with Crippen LogP contribution in [-0.4, -0.2) is 30.1 Å². The summed E-state index contributed by atoms with van der Waals surface area (Å²) < 4.78 is 15.8. The molecule has 2 atom stereocenters. The molecule has 4 heteroatoms. The molecule has 0 unspecified atom stereocenters. The van der Waals surface area contributed by atoms with Gasteiger partial charge in [0.05, 0.1) is 0 Å². The van der Waals surface area contributed by atoms with E-state index in [1.54, 1.807) is 20.8 Å². The Balaban J connectivity index is 2.29. The molecule has 4 nitrogen and oxygen atoms in total. The van der Waals surface area contributed by atoms with E-state index >= 15 is 0 Å². The molecular weight excluding hydrogens is 160 g/mol. The number of ether oxygens (including phenoxy) is 3. The van der Waals surface area contributed by atoms with Gasteiger partial charge in [0.1, 0.15) is 12.7 Å². The minimum absolute atomic E-state index is 0.250. The molecule has 12 heavy (non-hydrogen) atoms. The van der Waals surface area contributed by atoms with E-state index in [0.29, 0.717) is 6.61 Å². The average Bonchev–Trinajstić information content (AvgIpc) is 2.27. The molecule has 0 aromatic heterocycles. The summed E-state index contributed by atoms with van der Waals surface area (Å²) in [5.74, 6) is -0.989. The second-order valence-corrected chi connectivity index (χ2v) is 3.81. The number of carbonyl (C=O) groups excluding carboxylic acids is 1. The van der Waals surface area contributed by atoms with Crippen LogP contribution < -0.4 is 0 Å². The molecule has 2 aliphatic rings. The molecule has 0 aromatic rings. The highest BCUT2D eigenvalue weighted by Gasteiger charge is 2.60. The van der Waals surface area contributed by atoms with E-state index in [2.05, 4.69) is 0 Å². The monoisotopic (exact) mass is 172 g/mol. The van der Waals surface area contributed by atoms with Crippen LogP contribution in [-0.2, 0) is 19.0 Å². The van der Waals surface area contributed by atoms with E-state index < -0.39 is 11.4 Å². The van der Waals surface area contributed by atoms with Gasteiger partial charge in [0.2, 0.25) is 0 Å². The highest BCUT2D eigenvalue weighted by atomic mass is 16.8. The fourth-order valence-electron chi connectivity index (χ4n) is 1.72. The van der Waals surface area contributed by atoms with Crippen LogP contribution in [0.15, 0.2) is 0 Å². The second-order valence-electron chi connectivity index (χ2n) is 3.81. The maximum absolute atomic E-state index is 11.2. The summed E-state index contributed by atoms with van der Waals surface area (Å²) in [6, 6.07) is 0. The van der Waals surface area contributed by atoms with Gasteiger partial charge >= 0.3 is 5.97 Å². The van der Waals surface area contributed by atoms with Gasteiger partial charge in [-0.3, -0.25) is 0 Å². The maximum Gasteiger partial charge on any atom is 0.341 e. The first kappa shape index (κ1) is 8.01. The van der Waals surface area contributed by atoms with Crippen LogP contribution in [0.4, 0.5) is 0 Å². The van der Waals surface area contributed by atoms with Gasteiger partial charge in [-0.1, -0.05) is 0 Å². The zero-order chi connectivity index (χ0) is 8.98. The van der Waals surface area contributed by atoms with Gasteiger partial charge in [-0.25, -0.2) is 4.79 Å². The second kappa shape index (κ2) is 2.00. The lowest BCUT2D eigenvalue weighted by atomic mass is 10.0. The van der Waals surface area contributed by atoms with Crippen molar-refractivity contribution >= 4 is 5.97 Å². The van der Waals surface area contributed by atoms with Crippen molar-refractivity contribution in [2.75, 3.05) is 6.61 Å². The van der Waals surface area contributed by atoms with Crippen molar-refractivity contribution in [3.8, 4) is 0 Å². The number of hydrogen-bond donors (Lipinski definition) is 0. The summed E-state index contributed by atoms with van der Waals surface area (Å²) in [6.45, 7) is 5.61. The standard InChI is InChI=1S/C8H12O4/c1-7(2)11-5-4-10-6(9)8(5,3)12-7/h5H,4H2,1-3H3/t5-,8-/m1/s1. The third-order valence-electron chi connectivity index (χ3n) is 2.27. The lowest BCUT2D eigenvalue weighted by Gasteiger charge is -2.20. The highest BCUT2D eigenvalue weighted by Crippen LogP contribution is 2.40. The Morgan fingerprint density at radius 1 is 1.42 bits per heavy atom. The quantitative estimate of drug-likeness (QED) is 0.498. The Kier molecular flexibility index (Phi) is 1.34. The van der Waals surface area contributed by atoms with E-state index in [1.807, 2.05) is 0 Å². The van der Waals surface area contributed by atoms with Gasteiger partial charge in [-0.05, 0) is 20.8 Å². The van der Waals surface area contributed by atoms with E-state index in [1.165, 1.54) is 0 Å². The summed E-state index contributed by atoms with van der Waals surface area (Å²) in [6.07, 6.45) is -0.250. The molecule has 2 saturated heterocycles. The van der Waals surface area contributed by atoms with Crippen molar-refractivity contribution in [2.45, 2.75) is 38.3 Å². The molecule has 0 bridgehead atoms. The molecular formula is C8H12O4. The van der Waals surface area contributed by atoms with Gasteiger partial charge in [-0.15, -0.1) is 0 Å². The van der Waals surface area contributed by atoms with Crippen LogP contribution in [0.5, 0.6) is 0 Å². The number of hydrogen-bond acceptors (Lipinski definition) is 4. The van der Waals surface area contributed by atoms with Crippen molar-refractivity contribution in [3.63, 3.8) is 0 Å². The minimum atomic E-state index is -0.885. The van der Waals surface area contributed by atoms with Crippen molar-refractivity contribution in [1.29, 1.82) is 0 Å². The van der Waals surface area contributed by atoms with Gasteiger partial charge in [0.25, 0.3) is 0 Å². The molecule has 0 aliphatic carbocycles. The predicted octanol–water partition coefficient (Wildman–Crippen LogP) is 0.453. The largest absolute Gasteiger partial charge is 0.461 e. The van der Waals surface area contributed by atoms with E-state index in [9.17, 15) is 4.79 Å². The van der Waals surface area contributed by atoms with Crippen LogP contribution in [0.25, 0.3) is 0 Å². The van der Waals surface area contributed by atoms with Crippen molar-refractivity contribution in [2.24, 2.45) is 0 Å². The Labute approximate surface area is 70.8 Å². The predicted molar refractivity (Wildman–Crippen MR) is 39.4 cm³/mol. The smallest absolute Gasteiger partial charge is 0.341 e. The van der Waals surface area contributed by atoms with Gasteiger partial charge in [0, 0.05) is 0 Å². The first-order valence-electron chi connectivity index (χ1n) is 3.99. The first-order valence-corrected chi connectivity index (χ1v) is 3.99. The number of cyclic esters (lactones) is 1. The first-order chi connectivity index (χ1) is 5.44. The molecule has 2 aliphatic heterocycles. The van der Waals surface area contributed by atoms with Crippen molar-refractivity contribution in [3.05, 3.63) is 0 Å². The number of esters is 1. The van der Waals surface area contributed by atoms with Gasteiger partial charge in [0.15, 0.2) is 11.4 Å². The van der Waals surface area contributed by atoms with E-state index in [-0.39, 0.29) is 12.1 Å². The fraction of sp³-hybridized carbons (Fsp3) is 0.875. The Morgan fingerprint density at radius 3 is 2.67 bits per heavy atom. The molecule has 0 saturated carbocycles. The summed E-state index contributed by atoms with van der Waals surface area (Å²) in [7, 11) is 0. The highest BCUT2D eigenvalue weighted by molar-refractivity contribution is 5.82. The Morgan fingerprint density at radius 2 is 2.08 bits per heavy atom. The lowest BCUT2D eigenvalue weighted by Crippen LogP contribution is -2.39. The zero-order valence-corrected chi connectivity index (χ0v) is 7.42. The Bertz CT molecular complexity index is 235. The molecule has 2 heterocycles. The fourth-order valence-corrected chi connectivity index (χ4v) is 1.72.